The zero-order valence-electron chi connectivity index (χ0n) is 44.5. The lowest BCUT2D eigenvalue weighted by Gasteiger charge is -2.30. The Morgan fingerprint density at radius 1 is 0.307 bits per heavy atom. The predicted octanol–water partition coefficient (Wildman–Crippen LogP) is 21.2. The summed E-state index contributed by atoms with van der Waals surface area (Å²) >= 11 is 0. The standard InChI is InChI=1S/C46H33N.C25H27N.C2H6/c1-30-16-20-32(21-17-30)22-23-33-24-28-36(29-25-33)47(35-26-18-31(2)19-27-35)46-40-11-4-3-10-39(40)44-41-14-6-9-34-8-5-12-37(43(34)41)38-13-7-15-42(46)45(38)44;1-4-19-26(24-15-7-21(3)8-16-24)25-17-13-23(14-18-25)12-11-22-9-5-20(2)6-10-22;1-2/h3-29H,1-2H3;5-18H,4,19H2,1-3H3;1-2H3/b23-22+;12-11+;. The van der Waals surface area contributed by atoms with E-state index in [0.717, 1.165) is 24.3 Å². The molecule has 0 saturated heterocycles. The number of nitrogens with zero attached hydrogens (tertiary/aromatic N) is 2. The Kier molecular flexibility index (Phi) is 15.0. The third-order valence-electron chi connectivity index (χ3n) is 14.2. The maximum absolute atomic E-state index is 2.46. The molecular weight excluding hydrogens is 905 g/mol. The maximum Gasteiger partial charge on any atom is 0.0619 e. The van der Waals surface area contributed by atoms with E-state index in [-0.39, 0.29) is 0 Å². The quantitative estimate of drug-likeness (QED) is 0.0724. The molecule has 0 aliphatic carbocycles. The highest BCUT2D eigenvalue weighted by atomic mass is 15.1. The lowest BCUT2D eigenvalue weighted by molar-refractivity contribution is 0.885. The molecule has 0 heterocycles. The third kappa shape index (κ3) is 10.6. The fourth-order valence-electron chi connectivity index (χ4n) is 10.4. The summed E-state index contributed by atoms with van der Waals surface area (Å²) < 4.78 is 0. The average Bonchev–Trinajstić information content (AvgIpc) is 3.47. The molecule has 0 atom stereocenters. The van der Waals surface area contributed by atoms with Crippen LogP contribution in [0.15, 0.2) is 224 Å². The molecule has 0 spiro atoms. The minimum absolute atomic E-state index is 1.02. The topological polar surface area (TPSA) is 6.48 Å². The van der Waals surface area contributed by atoms with Gasteiger partial charge < -0.3 is 9.80 Å². The number of hydrogen-bond acceptors (Lipinski definition) is 2. The molecule has 0 saturated carbocycles. The molecule has 12 rings (SSSR count). The van der Waals surface area contributed by atoms with Gasteiger partial charge in [-0.25, -0.2) is 0 Å². The largest absolute Gasteiger partial charge is 0.342 e. The lowest BCUT2D eigenvalue weighted by atomic mass is 9.86. The van der Waals surface area contributed by atoms with Gasteiger partial charge in [-0.1, -0.05) is 243 Å². The van der Waals surface area contributed by atoms with E-state index >= 15 is 0 Å². The first kappa shape index (κ1) is 49.8. The monoisotopic (exact) mass is 971 g/mol. The van der Waals surface area contributed by atoms with Crippen LogP contribution >= 0.6 is 0 Å². The Bertz CT molecular complexity index is 3900. The van der Waals surface area contributed by atoms with E-state index in [4.69, 9.17) is 0 Å². The van der Waals surface area contributed by atoms with Crippen molar-refractivity contribution in [2.75, 3.05) is 16.3 Å². The average molecular weight is 971 g/mol. The normalized spacial score (nSPS) is 11.4. The number of aryl methyl sites for hydroxylation is 4. The highest BCUT2D eigenvalue weighted by Gasteiger charge is 2.23. The van der Waals surface area contributed by atoms with Gasteiger partial charge in [-0.2, -0.15) is 0 Å². The molecule has 0 fully saturated rings. The fourth-order valence-corrected chi connectivity index (χ4v) is 10.4. The van der Waals surface area contributed by atoms with Crippen LogP contribution in [0.3, 0.4) is 0 Å². The Balaban J connectivity index is 0.000000195. The second-order valence-electron chi connectivity index (χ2n) is 19.5. The summed E-state index contributed by atoms with van der Waals surface area (Å²) in [5.74, 6) is 0. The van der Waals surface area contributed by atoms with E-state index in [9.17, 15) is 0 Å². The minimum Gasteiger partial charge on any atom is -0.342 e. The van der Waals surface area contributed by atoms with E-state index < -0.39 is 0 Å². The molecule has 2 heteroatoms. The molecule has 0 bridgehead atoms. The van der Waals surface area contributed by atoms with Crippen LogP contribution in [0.25, 0.3) is 78.2 Å². The zero-order chi connectivity index (χ0) is 51.8. The summed E-state index contributed by atoms with van der Waals surface area (Å²) in [5, 5.41) is 13.0. The number of fused-ring (bicyclic) bond motifs is 4. The van der Waals surface area contributed by atoms with Crippen molar-refractivity contribution >= 4 is 107 Å². The predicted molar refractivity (Wildman–Crippen MR) is 331 cm³/mol. The van der Waals surface area contributed by atoms with Crippen molar-refractivity contribution < 1.29 is 0 Å². The summed E-state index contributed by atoms with van der Waals surface area (Å²) in [7, 11) is 0. The van der Waals surface area contributed by atoms with Gasteiger partial charge in [0, 0.05) is 45.5 Å². The molecule has 2 nitrogen and oxygen atoms in total. The van der Waals surface area contributed by atoms with Gasteiger partial charge in [0.05, 0.1) is 5.69 Å². The van der Waals surface area contributed by atoms with E-state index in [1.54, 1.807) is 0 Å². The van der Waals surface area contributed by atoms with Gasteiger partial charge in [-0.3, -0.25) is 0 Å². The second kappa shape index (κ2) is 22.6. The molecule has 368 valence electrons. The first-order valence-corrected chi connectivity index (χ1v) is 26.7. The van der Waals surface area contributed by atoms with Crippen molar-refractivity contribution in [3.8, 4) is 0 Å². The number of anilines is 5. The molecule has 12 aromatic carbocycles. The molecule has 75 heavy (non-hydrogen) atoms. The van der Waals surface area contributed by atoms with E-state index in [1.807, 2.05) is 13.8 Å². The van der Waals surface area contributed by atoms with Gasteiger partial charge in [-0.05, 0) is 143 Å². The van der Waals surface area contributed by atoms with Crippen LogP contribution in [0.2, 0.25) is 0 Å². The third-order valence-corrected chi connectivity index (χ3v) is 14.2. The first-order chi connectivity index (χ1) is 36.8. The summed E-state index contributed by atoms with van der Waals surface area (Å²) in [6.45, 7) is 15.8. The Morgan fingerprint density at radius 2 is 0.627 bits per heavy atom. The molecule has 0 radical (unpaired) electrons. The lowest BCUT2D eigenvalue weighted by Crippen LogP contribution is -2.17. The van der Waals surface area contributed by atoms with Gasteiger partial charge in [0.25, 0.3) is 0 Å². The molecule has 0 aromatic heterocycles. The summed E-state index contributed by atoms with van der Waals surface area (Å²) in [5.41, 5.74) is 15.9. The van der Waals surface area contributed by atoms with Crippen LogP contribution in [0.4, 0.5) is 28.4 Å². The van der Waals surface area contributed by atoms with E-state index in [1.165, 1.54) is 115 Å². The summed E-state index contributed by atoms with van der Waals surface area (Å²) in [6.07, 6.45) is 9.83. The number of benzene rings is 12. The number of hydrogen-bond donors (Lipinski definition) is 0. The van der Waals surface area contributed by atoms with E-state index in [2.05, 4.69) is 293 Å². The van der Waals surface area contributed by atoms with Crippen LogP contribution in [-0.4, -0.2) is 6.54 Å². The Labute approximate surface area is 444 Å². The van der Waals surface area contributed by atoms with E-state index in [0.29, 0.717) is 0 Å². The van der Waals surface area contributed by atoms with Crippen LogP contribution in [0.1, 0.15) is 71.7 Å². The van der Waals surface area contributed by atoms with Crippen molar-refractivity contribution in [3.63, 3.8) is 0 Å². The van der Waals surface area contributed by atoms with Gasteiger partial charge in [-0.15, -0.1) is 0 Å². The van der Waals surface area contributed by atoms with Crippen LogP contribution < -0.4 is 9.80 Å². The molecule has 0 aliphatic heterocycles. The highest BCUT2D eigenvalue weighted by Crippen LogP contribution is 2.50. The SMILES string of the molecule is CC.CCCN(c1ccc(C)cc1)c1ccc(/C=C/c2ccc(C)cc2)cc1.Cc1ccc(/C=C/c2ccc(N(c3ccc(C)cc3)c3c4ccccc4c4c5cccc6cccc(c7cccc3c74)c65)cc2)cc1. The fraction of sp³-hybridized carbons (Fsp3) is 0.123. The van der Waals surface area contributed by atoms with Gasteiger partial charge >= 0.3 is 0 Å². The zero-order valence-corrected chi connectivity index (χ0v) is 44.5. The molecule has 0 aliphatic rings. The Morgan fingerprint density at radius 3 is 1.11 bits per heavy atom. The van der Waals surface area contributed by atoms with Crippen molar-refractivity contribution in [1.82, 2.24) is 0 Å². The summed E-state index contributed by atoms with van der Waals surface area (Å²) in [6, 6.07) is 82.0. The minimum atomic E-state index is 1.02. The van der Waals surface area contributed by atoms with Gasteiger partial charge in [0.15, 0.2) is 0 Å². The molecule has 0 amide bonds. The van der Waals surface area contributed by atoms with Crippen molar-refractivity contribution in [2.45, 2.75) is 54.9 Å². The molecule has 0 unspecified atom stereocenters. The van der Waals surface area contributed by atoms with Crippen molar-refractivity contribution in [1.29, 1.82) is 0 Å². The summed E-state index contributed by atoms with van der Waals surface area (Å²) in [4.78, 5) is 4.84. The van der Waals surface area contributed by atoms with Crippen LogP contribution in [0, 0.1) is 27.7 Å². The first-order valence-electron chi connectivity index (χ1n) is 26.7. The van der Waals surface area contributed by atoms with Gasteiger partial charge in [0.1, 0.15) is 0 Å². The molecule has 0 N–H and O–H groups in total. The highest BCUT2D eigenvalue weighted by molar-refractivity contribution is 6.40. The van der Waals surface area contributed by atoms with Crippen molar-refractivity contribution in [2.24, 2.45) is 0 Å². The maximum atomic E-state index is 2.46. The van der Waals surface area contributed by atoms with Crippen molar-refractivity contribution in [3.05, 3.63) is 269 Å². The smallest absolute Gasteiger partial charge is 0.0619 e. The van der Waals surface area contributed by atoms with Gasteiger partial charge in [0.2, 0.25) is 0 Å². The molecule has 12 aromatic rings. The number of rotatable bonds is 11. The second-order valence-corrected chi connectivity index (χ2v) is 19.5. The Hall–Kier alpha value is -8.72. The van der Waals surface area contributed by atoms with Crippen LogP contribution in [-0.2, 0) is 0 Å². The molecular formula is C73H66N2. The van der Waals surface area contributed by atoms with Crippen LogP contribution in [0.5, 0.6) is 0 Å².